The SMILES string of the molecule is CCCCCCCCCCCCCNOOOOC(=O)O. The maximum absolute atomic E-state index is 9.84. The van der Waals surface area contributed by atoms with E-state index in [1.807, 2.05) is 0 Å². The van der Waals surface area contributed by atoms with Crippen LogP contribution in [0.25, 0.3) is 0 Å². The van der Waals surface area contributed by atoms with E-state index in [-0.39, 0.29) is 0 Å². The van der Waals surface area contributed by atoms with Crippen LogP contribution >= 0.6 is 0 Å². The van der Waals surface area contributed by atoms with Gasteiger partial charge in [0.05, 0.1) is 0 Å². The molecule has 0 amide bonds. The molecule has 0 spiro atoms. The van der Waals surface area contributed by atoms with Gasteiger partial charge in [-0.1, -0.05) is 71.1 Å². The Morgan fingerprint density at radius 2 is 1.38 bits per heavy atom. The van der Waals surface area contributed by atoms with Gasteiger partial charge in [-0.3, -0.25) is 0 Å². The Labute approximate surface area is 126 Å². The lowest BCUT2D eigenvalue weighted by atomic mass is 10.1. The molecule has 0 atom stereocenters. The maximum atomic E-state index is 9.84. The summed E-state index contributed by atoms with van der Waals surface area (Å²) in [5, 5.41) is 15.7. The Hall–Kier alpha value is -0.890. The third-order valence-corrected chi connectivity index (χ3v) is 3.11. The first kappa shape index (κ1) is 20.1. The summed E-state index contributed by atoms with van der Waals surface area (Å²) >= 11 is 0. The number of hydroxylamine groups is 1. The van der Waals surface area contributed by atoms with E-state index in [4.69, 9.17) is 5.11 Å². The molecule has 2 N–H and O–H groups in total. The average molecular weight is 307 g/mol. The molecule has 0 heterocycles. The molecular weight excluding hydrogens is 278 g/mol. The van der Waals surface area contributed by atoms with E-state index in [0.29, 0.717) is 6.54 Å². The van der Waals surface area contributed by atoms with Crippen LogP contribution in [0.3, 0.4) is 0 Å². The van der Waals surface area contributed by atoms with Crippen molar-refractivity contribution < 1.29 is 29.9 Å². The minimum absolute atomic E-state index is 0.605. The standard InChI is InChI=1S/C14H29NO6/c1-2-3-4-5-6-7-8-9-10-11-12-13-15-19-21-20-18-14(16)17/h15H,2-13H2,1H3,(H,16,17). The number of carboxylic acid groups (broad SMARTS) is 1. The van der Waals surface area contributed by atoms with Crippen molar-refractivity contribution in [3.8, 4) is 0 Å². The van der Waals surface area contributed by atoms with Crippen molar-refractivity contribution in [2.75, 3.05) is 6.54 Å². The summed E-state index contributed by atoms with van der Waals surface area (Å²) in [6.07, 6.45) is 12.4. The first-order chi connectivity index (χ1) is 10.3. The van der Waals surface area contributed by atoms with Crippen LogP contribution in [0.5, 0.6) is 0 Å². The molecule has 0 aliphatic carbocycles. The molecule has 0 bridgehead atoms. The second-order valence-corrected chi connectivity index (χ2v) is 5.00. The lowest BCUT2D eigenvalue weighted by Crippen LogP contribution is -2.17. The number of hydrogen-bond acceptors (Lipinski definition) is 6. The fourth-order valence-corrected chi connectivity index (χ4v) is 1.98. The average Bonchev–Trinajstić information content (AvgIpc) is 2.46. The molecule has 0 aliphatic rings. The van der Waals surface area contributed by atoms with E-state index in [0.717, 1.165) is 12.8 Å². The predicted molar refractivity (Wildman–Crippen MR) is 76.8 cm³/mol. The fourth-order valence-electron chi connectivity index (χ4n) is 1.98. The Morgan fingerprint density at radius 3 is 1.90 bits per heavy atom. The molecular formula is C14H29NO6. The predicted octanol–water partition coefficient (Wildman–Crippen LogP) is 4.29. The molecule has 0 fully saturated rings. The number of hydrogen-bond donors (Lipinski definition) is 2. The van der Waals surface area contributed by atoms with Gasteiger partial charge in [0.25, 0.3) is 0 Å². The van der Waals surface area contributed by atoms with E-state index >= 15 is 0 Å². The van der Waals surface area contributed by atoms with E-state index in [2.05, 4.69) is 32.4 Å². The molecule has 126 valence electrons. The van der Waals surface area contributed by atoms with Gasteiger partial charge in [0.1, 0.15) is 0 Å². The smallest absolute Gasteiger partial charge is 0.448 e. The summed E-state index contributed by atoms with van der Waals surface area (Å²) in [7, 11) is 0. The third kappa shape index (κ3) is 19.1. The zero-order valence-electron chi connectivity index (χ0n) is 13.0. The van der Waals surface area contributed by atoms with Crippen molar-refractivity contribution in [1.29, 1.82) is 0 Å². The van der Waals surface area contributed by atoms with Gasteiger partial charge in [0.15, 0.2) is 0 Å². The normalized spacial score (nSPS) is 10.7. The van der Waals surface area contributed by atoms with Crippen LogP contribution in [-0.2, 0) is 20.0 Å². The van der Waals surface area contributed by atoms with E-state index in [9.17, 15) is 4.79 Å². The van der Waals surface area contributed by atoms with Gasteiger partial charge in [-0.25, -0.2) is 9.68 Å². The van der Waals surface area contributed by atoms with Crippen LogP contribution in [0.2, 0.25) is 0 Å². The number of unbranched alkanes of at least 4 members (excludes halogenated alkanes) is 10. The van der Waals surface area contributed by atoms with Crippen LogP contribution < -0.4 is 5.48 Å². The third-order valence-electron chi connectivity index (χ3n) is 3.11. The van der Waals surface area contributed by atoms with Crippen LogP contribution in [0.4, 0.5) is 4.79 Å². The highest BCUT2D eigenvalue weighted by Crippen LogP contribution is 2.10. The van der Waals surface area contributed by atoms with Crippen molar-refractivity contribution in [2.24, 2.45) is 0 Å². The van der Waals surface area contributed by atoms with Gasteiger partial charge in [0, 0.05) is 11.6 Å². The van der Waals surface area contributed by atoms with Crippen LogP contribution in [0.15, 0.2) is 0 Å². The molecule has 0 aliphatic heterocycles. The van der Waals surface area contributed by atoms with Crippen molar-refractivity contribution in [3.63, 3.8) is 0 Å². The van der Waals surface area contributed by atoms with E-state index in [1.54, 1.807) is 0 Å². The van der Waals surface area contributed by atoms with Gasteiger partial charge in [-0.05, 0) is 11.5 Å². The number of rotatable bonds is 16. The largest absolute Gasteiger partial charge is 0.540 e. The number of nitrogens with one attached hydrogen (secondary N) is 1. The second kappa shape index (κ2) is 17.2. The molecule has 0 rings (SSSR count). The van der Waals surface area contributed by atoms with Gasteiger partial charge < -0.3 is 5.11 Å². The highest BCUT2D eigenvalue weighted by atomic mass is 17.7. The topological polar surface area (TPSA) is 86.3 Å². The highest BCUT2D eigenvalue weighted by molar-refractivity contribution is 5.55. The molecule has 7 nitrogen and oxygen atoms in total. The zero-order valence-corrected chi connectivity index (χ0v) is 13.0. The van der Waals surface area contributed by atoms with E-state index < -0.39 is 6.16 Å². The van der Waals surface area contributed by atoms with Crippen molar-refractivity contribution in [2.45, 2.75) is 77.6 Å². The van der Waals surface area contributed by atoms with Gasteiger partial charge in [0.2, 0.25) is 0 Å². The van der Waals surface area contributed by atoms with Crippen molar-refractivity contribution in [1.82, 2.24) is 5.48 Å². The summed E-state index contributed by atoms with van der Waals surface area (Å²) in [6, 6.07) is 0. The minimum Gasteiger partial charge on any atom is -0.448 e. The van der Waals surface area contributed by atoms with Crippen LogP contribution in [0, 0.1) is 0 Å². The molecule has 0 saturated heterocycles. The molecule has 0 aromatic carbocycles. The summed E-state index contributed by atoms with van der Waals surface area (Å²) in [5.41, 5.74) is 2.47. The summed E-state index contributed by atoms with van der Waals surface area (Å²) in [6.45, 7) is 2.84. The molecule has 21 heavy (non-hydrogen) atoms. The Balaban J connectivity index is 2.95. The van der Waals surface area contributed by atoms with Crippen molar-refractivity contribution in [3.05, 3.63) is 0 Å². The highest BCUT2D eigenvalue weighted by Gasteiger charge is 1.98. The van der Waals surface area contributed by atoms with E-state index in [1.165, 1.54) is 57.8 Å². The van der Waals surface area contributed by atoms with Gasteiger partial charge in [-0.2, -0.15) is 5.48 Å². The summed E-state index contributed by atoms with van der Waals surface area (Å²) in [5.74, 6) is 0. The summed E-state index contributed by atoms with van der Waals surface area (Å²) < 4.78 is 0. The van der Waals surface area contributed by atoms with Crippen molar-refractivity contribution >= 4 is 6.16 Å². The van der Waals surface area contributed by atoms with Gasteiger partial charge in [-0.15, -0.1) is 4.99 Å². The molecule has 7 heteroatoms. The first-order valence-corrected chi connectivity index (χ1v) is 7.90. The lowest BCUT2D eigenvalue weighted by molar-refractivity contribution is -0.631. The Bertz CT molecular complexity index is 228. The fraction of sp³-hybridized carbons (Fsp3) is 0.929. The monoisotopic (exact) mass is 307 g/mol. The molecule has 0 unspecified atom stereocenters. The Morgan fingerprint density at radius 1 is 0.857 bits per heavy atom. The van der Waals surface area contributed by atoms with Crippen LogP contribution in [0.1, 0.15) is 77.6 Å². The summed E-state index contributed by atoms with van der Waals surface area (Å²) in [4.78, 5) is 17.7. The van der Waals surface area contributed by atoms with Gasteiger partial charge >= 0.3 is 6.16 Å². The lowest BCUT2D eigenvalue weighted by Gasteiger charge is -2.03. The molecule has 0 aromatic rings. The zero-order chi connectivity index (χ0) is 15.6. The second-order valence-electron chi connectivity index (χ2n) is 5.00. The molecule has 0 saturated carbocycles. The Kier molecular flexibility index (Phi) is 16.4. The minimum atomic E-state index is -1.61. The molecule has 0 radical (unpaired) electrons. The maximum Gasteiger partial charge on any atom is 0.540 e. The first-order valence-electron chi connectivity index (χ1n) is 7.90. The van der Waals surface area contributed by atoms with Crippen LogP contribution in [-0.4, -0.2) is 17.8 Å². The molecule has 0 aromatic heterocycles. The number of carbonyl (C=O) groups is 1. The quantitative estimate of drug-likeness (QED) is 0.250.